The van der Waals surface area contributed by atoms with Crippen molar-refractivity contribution in [2.45, 2.75) is 59.0 Å². The fraction of sp³-hybridized carbons (Fsp3) is 0.692. The number of rotatable bonds is 8. The molecule has 1 atom stereocenters. The first-order chi connectivity index (χ1) is 8.90. The molecule has 0 radical (unpaired) electrons. The standard InChI is InChI=1S/C13H22O6/c1-4-6-11(15)18-10(8-9(3)14)13(17)19-12(16)7-5-2/h9,14,17H,4-8H2,1-3H3/b13-10-. The number of aliphatic hydroxyl groups excluding tert-OH is 2. The largest absolute Gasteiger partial charge is 0.478 e. The molecule has 0 aliphatic heterocycles. The zero-order valence-corrected chi connectivity index (χ0v) is 11.6. The van der Waals surface area contributed by atoms with Gasteiger partial charge in [-0.1, -0.05) is 13.8 Å². The maximum atomic E-state index is 11.4. The Bertz CT molecular complexity index is 332. The first kappa shape index (κ1) is 17.4. The molecule has 19 heavy (non-hydrogen) atoms. The first-order valence-electron chi connectivity index (χ1n) is 6.42. The van der Waals surface area contributed by atoms with E-state index in [0.717, 1.165) is 0 Å². The summed E-state index contributed by atoms with van der Waals surface area (Å²) >= 11 is 0. The average Bonchev–Trinajstić information content (AvgIpc) is 2.27. The lowest BCUT2D eigenvalue weighted by molar-refractivity contribution is -0.148. The second kappa shape index (κ2) is 9.38. The fourth-order valence-electron chi connectivity index (χ4n) is 1.25. The van der Waals surface area contributed by atoms with Gasteiger partial charge in [0.2, 0.25) is 0 Å². The summed E-state index contributed by atoms with van der Waals surface area (Å²) in [5, 5.41) is 18.9. The lowest BCUT2D eigenvalue weighted by atomic mass is 10.2. The van der Waals surface area contributed by atoms with Crippen molar-refractivity contribution in [1.82, 2.24) is 0 Å². The summed E-state index contributed by atoms with van der Waals surface area (Å²) in [7, 11) is 0. The van der Waals surface area contributed by atoms with E-state index < -0.39 is 24.0 Å². The summed E-state index contributed by atoms with van der Waals surface area (Å²) in [5.74, 6) is -2.15. The van der Waals surface area contributed by atoms with Crippen LogP contribution in [0.15, 0.2) is 11.7 Å². The number of esters is 2. The van der Waals surface area contributed by atoms with Gasteiger partial charge in [0.05, 0.1) is 6.10 Å². The van der Waals surface area contributed by atoms with Crippen molar-refractivity contribution in [2.24, 2.45) is 0 Å². The van der Waals surface area contributed by atoms with Crippen molar-refractivity contribution in [3.8, 4) is 0 Å². The molecule has 6 nitrogen and oxygen atoms in total. The molecule has 0 saturated heterocycles. The van der Waals surface area contributed by atoms with Gasteiger partial charge in [-0.25, -0.2) is 0 Å². The predicted molar refractivity (Wildman–Crippen MR) is 68.0 cm³/mol. The van der Waals surface area contributed by atoms with Crippen LogP contribution in [0.2, 0.25) is 0 Å². The second-order valence-electron chi connectivity index (χ2n) is 4.23. The SMILES string of the molecule is CCCC(=O)O/C(O)=C(/CC(C)O)OC(=O)CCC. The molecule has 0 aromatic rings. The van der Waals surface area contributed by atoms with Crippen LogP contribution in [0, 0.1) is 0 Å². The van der Waals surface area contributed by atoms with Gasteiger partial charge in [0.1, 0.15) is 0 Å². The summed E-state index contributed by atoms with van der Waals surface area (Å²) in [5.41, 5.74) is 0. The van der Waals surface area contributed by atoms with Gasteiger partial charge in [-0.05, 0) is 19.8 Å². The molecular formula is C13H22O6. The summed E-state index contributed by atoms with van der Waals surface area (Å²) in [4.78, 5) is 22.6. The smallest absolute Gasteiger partial charge is 0.325 e. The molecule has 6 heteroatoms. The van der Waals surface area contributed by atoms with Crippen molar-refractivity contribution in [3.63, 3.8) is 0 Å². The third-order valence-electron chi connectivity index (χ3n) is 2.08. The Hall–Kier alpha value is -1.56. The van der Waals surface area contributed by atoms with Crippen LogP contribution in [0.5, 0.6) is 0 Å². The van der Waals surface area contributed by atoms with Gasteiger partial charge in [0.25, 0.3) is 0 Å². The quantitative estimate of drug-likeness (QED) is 0.520. The zero-order chi connectivity index (χ0) is 14.8. The van der Waals surface area contributed by atoms with Crippen LogP contribution >= 0.6 is 0 Å². The molecule has 0 aliphatic rings. The Morgan fingerprint density at radius 3 is 1.95 bits per heavy atom. The molecular weight excluding hydrogens is 252 g/mol. The van der Waals surface area contributed by atoms with Gasteiger partial charge >= 0.3 is 17.9 Å². The number of carbonyl (C=O) groups is 2. The molecule has 0 fully saturated rings. The van der Waals surface area contributed by atoms with E-state index in [1.807, 2.05) is 0 Å². The highest BCUT2D eigenvalue weighted by Crippen LogP contribution is 2.15. The minimum atomic E-state index is -0.837. The van der Waals surface area contributed by atoms with Crippen LogP contribution in [0.1, 0.15) is 52.9 Å². The van der Waals surface area contributed by atoms with E-state index in [4.69, 9.17) is 4.74 Å². The molecule has 1 unspecified atom stereocenters. The minimum Gasteiger partial charge on any atom is -0.478 e. The lowest BCUT2D eigenvalue weighted by Gasteiger charge is -2.12. The number of ether oxygens (including phenoxy) is 2. The van der Waals surface area contributed by atoms with E-state index in [1.165, 1.54) is 6.92 Å². The number of carbonyl (C=O) groups excluding carboxylic acids is 2. The third-order valence-corrected chi connectivity index (χ3v) is 2.08. The molecule has 110 valence electrons. The monoisotopic (exact) mass is 274 g/mol. The molecule has 0 spiro atoms. The Labute approximate surface area is 113 Å². The van der Waals surface area contributed by atoms with Gasteiger partial charge in [0.15, 0.2) is 5.76 Å². The molecule has 0 heterocycles. The van der Waals surface area contributed by atoms with Crippen molar-refractivity contribution < 1.29 is 29.3 Å². The van der Waals surface area contributed by atoms with E-state index >= 15 is 0 Å². The zero-order valence-electron chi connectivity index (χ0n) is 11.6. The molecule has 0 rings (SSSR count). The lowest BCUT2D eigenvalue weighted by Crippen LogP contribution is -2.14. The topological polar surface area (TPSA) is 93.1 Å². The van der Waals surface area contributed by atoms with Gasteiger partial charge in [0, 0.05) is 19.3 Å². The molecule has 0 aromatic carbocycles. The highest BCUT2D eigenvalue weighted by molar-refractivity contribution is 5.71. The van der Waals surface area contributed by atoms with Crippen molar-refractivity contribution >= 4 is 11.9 Å². The van der Waals surface area contributed by atoms with E-state index in [1.54, 1.807) is 13.8 Å². The summed E-state index contributed by atoms with van der Waals surface area (Å²) in [6, 6.07) is 0. The van der Waals surface area contributed by atoms with Gasteiger partial charge < -0.3 is 19.7 Å². The van der Waals surface area contributed by atoms with Crippen LogP contribution < -0.4 is 0 Å². The Balaban J connectivity index is 4.77. The van der Waals surface area contributed by atoms with E-state index in [-0.39, 0.29) is 25.0 Å². The Morgan fingerprint density at radius 1 is 1.05 bits per heavy atom. The van der Waals surface area contributed by atoms with Crippen LogP contribution in [0.25, 0.3) is 0 Å². The summed E-state index contributed by atoms with van der Waals surface area (Å²) in [6.07, 6.45) is 0.552. The molecule has 0 bridgehead atoms. The highest BCUT2D eigenvalue weighted by atomic mass is 16.6. The Morgan fingerprint density at radius 2 is 1.53 bits per heavy atom. The van der Waals surface area contributed by atoms with Gasteiger partial charge in [-0.15, -0.1) is 0 Å². The third kappa shape index (κ3) is 8.20. The van der Waals surface area contributed by atoms with E-state index in [9.17, 15) is 19.8 Å². The summed E-state index contributed by atoms with van der Waals surface area (Å²) < 4.78 is 9.54. The van der Waals surface area contributed by atoms with Crippen LogP contribution in [-0.2, 0) is 19.1 Å². The maximum absolute atomic E-state index is 11.4. The number of aliphatic hydroxyl groups is 2. The molecule has 0 amide bonds. The van der Waals surface area contributed by atoms with Gasteiger partial charge in [-0.3, -0.25) is 9.59 Å². The number of hydrogen-bond donors (Lipinski definition) is 2. The summed E-state index contributed by atoms with van der Waals surface area (Å²) in [6.45, 7) is 5.06. The van der Waals surface area contributed by atoms with Gasteiger partial charge in [-0.2, -0.15) is 0 Å². The maximum Gasteiger partial charge on any atom is 0.325 e. The van der Waals surface area contributed by atoms with Crippen LogP contribution in [-0.4, -0.2) is 28.3 Å². The molecule has 2 N–H and O–H groups in total. The molecule has 0 aliphatic carbocycles. The highest BCUT2D eigenvalue weighted by Gasteiger charge is 2.18. The van der Waals surface area contributed by atoms with E-state index in [0.29, 0.717) is 12.8 Å². The van der Waals surface area contributed by atoms with Crippen LogP contribution in [0.3, 0.4) is 0 Å². The second-order valence-corrected chi connectivity index (χ2v) is 4.23. The molecule has 0 aromatic heterocycles. The van der Waals surface area contributed by atoms with Crippen LogP contribution in [0.4, 0.5) is 0 Å². The minimum absolute atomic E-state index is 0.110. The van der Waals surface area contributed by atoms with E-state index in [2.05, 4.69) is 4.74 Å². The van der Waals surface area contributed by atoms with Crippen molar-refractivity contribution in [3.05, 3.63) is 11.7 Å². The first-order valence-corrected chi connectivity index (χ1v) is 6.42. The Kier molecular flexibility index (Phi) is 8.61. The van der Waals surface area contributed by atoms with Crippen molar-refractivity contribution in [2.75, 3.05) is 0 Å². The number of hydrogen-bond acceptors (Lipinski definition) is 6. The predicted octanol–water partition coefficient (Wildman–Crippen LogP) is 2.17. The molecule has 0 saturated carbocycles. The normalized spacial score (nSPS) is 13.5. The fourth-order valence-corrected chi connectivity index (χ4v) is 1.25. The van der Waals surface area contributed by atoms with Crippen molar-refractivity contribution in [1.29, 1.82) is 0 Å². The average molecular weight is 274 g/mol.